The normalized spacial score (nSPS) is 12.1. The van der Waals surface area contributed by atoms with Gasteiger partial charge in [-0.15, -0.1) is 0 Å². The zero-order chi connectivity index (χ0) is 11.9. The molecule has 0 spiro atoms. The van der Waals surface area contributed by atoms with E-state index >= 15 is 0 Å². The Morgan fingerprint density at radius 2 is 1.94 bits per heavy atom. The lowest BCUT2D eigenvalue weighted by Gasteiger charge is -2.19. The number of methoxy groups -OCH3 is 1. The van der Waals surface area contributed by atoms with Gasteiger partial charge in [-0.2, -0.15) is 0 Å². The average Bonchev–Trinajstić information content (AvgIpc) is 2.54. The number of aryl methyl sites for hydroxylation is 1. The van der Waals surface area contributed by atoms with E-state index in [0.29, 0.717) is 0 Å². The summed E-state index contributed by atoms with van der Waals surface area (Å²) < 4.78 is 10.9. The number of nitrogens with two attached hydrogens (primary N) is 1. The first kappa shape index (κ1) is 11.0. The monoisotopic (exact) mass is 219 g/mol. The maximum Gasteiger partial charge on any atom is 0.176 e. The van der Waals surface area contributed by atoms with E-state index in [0.717, 1.165) is 28.0 Å². The number of hydrogen-bond donors (Lipinski definition) is 1. The SMILES string of the molecule is COc1cc(C(C)(C)N)cc2cc(C)oc12. The quantitative estimate of drug-likeness (QED) is 0.844. The molecule has 2 aromatic rings. The predicted octanol–water partition coefficient (Wildman–Crippen LogP) is 2.94. The number of fused-ring (bicyclic) bond motifs is 1. The second-order valence-electron chi connectivity index (χ2n) is 4.68. The fraction of sp³-hybridized carbons (Fsp3) is 0.385. The Bertz CT molecular complexity index is 520. The largest absolute Gasteiger partial charge is 0.493 e. The van der Waals surface area contributed by atoms with Gasteiger partial charge in [0.25, 0.3) is 0 Å². The number of hydrogen-bond acceptors (Lipinski definition) is 3. The van der Waals surface area contributed by atoms with Crippen LogP contribution < -0.4 is 10.5 Å². The van der Waals surface area contributed by atoms with Crippen LogP contribution >= 0.6 is 0 Å². The highest BCUT2D eigenvalue weighted by Gasteiger charge is 2.18. The molecule has 0 saturated carbocycles. The molecule has 2 N–H and O–H groups in total. The molecule has 0 aliphatic rings. The maximum absolute atomic E-state index is 6.09. The standard InChI is InChI=1S/C13H17NO2/c1-8-5-9-6-10(13(2,3)14)7-11(15-4)12(9)16-8/h5-7H,14H2,1-4H3. The molecular weight excluding hydrogens is 202 g/mol. The van der Waals surface area contributed by atoms with Crippen LogP contribution in [0.5, 0.6) is 5.75 Å². The van der Waals surface area contributed by atoms with Crippen LogP contribution in [0.1, 0.15) is 25.2 Å². The predicted molar refractivity (Wildman–Crippen MR) is 64.7 cm³/mol. The Hall–Kier alpha value is -1.48. The molecule has 0 atom stereocenters. The van der Waals surface area contributed by atoms with E-state index in [9.17, 15) is 0 Å². The Morgan fingerprint density at radius 3 is 2.50 bits per heavy atom. The number of furan rings is 1. The summed E-state index contributed by atoms with van der Waals surface area (Å²) in [4.78, 5) is 0. The smallest absolute Gasteiger partial charge is 0.176 e. The minimum atomic E-state index is -0.382. The van der Waals surface area contributed by atoms with Gasteiger partial charge in [0.1, 0.15) is 5.76 Å². The number of ether oxygens (including phenoxy) is 1. The second-order valence-corrected chi connectivity index (χ2v) is 4.68. The molecule has 86 valence electrons. The Labute approximate surface area is 95.2 Å². The van der Waals surface area contributed by atoms with Crippen molar-refractivity contribution >= 4 is 11.0 Å². The summed E-state index contributed by atoms with van der Waals surface area (Å²) in [5.74, 6) is 1.61. The summed E-state index contributed by atoms with van der Waals surface area (Å²) >= 11 is 0. The zero-order valence-electron chi connectivity index (χ0n) is 10.1. The first-order valence-corrected chi connectivity index (χ1v) is 5.29. The van der Waals surface area contributed by atoms with Gasteiger partial charge in [0, 0.05) is 10.9 Å². The van der Waals surface area contributed by atoms with E-state index in [1.165, 1.54) is 0 Å². The van der Waals surface area contributed by atoms with Crippen LogP contribution in [-0.2, 0) is 5.54 Å². The molecule has 1 aromatic heterocycles. The van der Waals surface area contributed by atoms with Gasteiger partial charge in [-0.05, 0) is 44.5 Å². The van der Waals surface area contributed by atoms with Crippen LogP contribution in [0.4, 0.5) is 0 Å². The molecule has 1 aromatic carbocycles. The third-order valence-corrected chi connectivity index (χ3v) is 2.67. The van der Waals surface area contributed by atoms with Crippen LogP contribution in [0.2, 0.25) is 0 Å². The highest BCUT2D eigenvalue weighted by molar-refractivity contribution is 5.85. The van der Waals surface area contributed by atoms with E-state index in [4.69, 9.17) is 14.9 Å². The summed E-state index contributed by atoms with van der Waals surface area (Å²) in [6, 6.07) is 5.98. The molecule has 0 amide bonds. The Balaban J connectivity index is 2.72. The van der Waals surface area contributed by atoms with Crippen molar-refractivity contribution in [3.8, 4) is 5.75 Å². The molecule has 0 bridgehead atoms. The van der Waals surface area contributed by atoms with Gasteiger partial charge in [0.15, 0.2) is 11.3 Å². The summed E-state index contributed by atoms with van der Waals surface area (Å²) in [6.45, 7) is 5.87. The number of benzene rings is 1. The summed E-state index contributed by atoms with van der Waals surface area (Å²) in [5, 5.41) is 1.03. The Kier molecular flexibility index (Phi) is 2.43. The second kappa shape index (κ2) is 3.52. The van der Waals surface area contributed by atoms with Gasteiger partial charge in [-0.1, -0.05) is 0 Å². The van der Waals surface area contributed by atoms with Crippen LogP contribution in [0.3, 0.4) is 0 Å². The van der Waals surface area contributed by atoms with Gasteiger partial charge in [-0.3, -0.25) is 0 Å². The van der Waals surface area contributed by atoms with Crippen molar-refractivity contribution in [1.82, 2.24) is 0 Å². The van der Waals surface area contributed by atoms with Gasteiger partial charge < -0.3 is 14.9 Å². The van der Waals surface area contributed by atoms with Gasteiger partial charge >= 0.3 is 0 Å². The van der Waals surface area contributed by atoms with Crippen molar-refractivity contribution in [2.75, 3.05) is 7.11 Å². The first-order valence-electron chi connectivity index (χ1n) is 5.29. The van der Waals surface area contributed by atoms with E-state index in [1.807, 2.05) is 39.0 Å². The highest BCUT2D eigenvalue weighted by Crippen LogP contribution is 2.33. The van der Waals surface area contributed by atoms with Gasteiger partial charge in [0.05, 0.1) is 7.11 Å². The van der Waals surface area contributed by atoms with E-state index in [1.54, 1.807) is 7.11 Å². The lowest BCUT2D eigenvalue weighted by atomic mass is 9.94. The molecular formula is C13H17NO2. The van der Waals surface area contributed by atoms with Crippen molar-refractivity contribution in [3.63, 3.8) is 0 Å². The van der Waals surface area contributed by atoms with Crippen LogP contribution in [0.15, 0.2) is 22.6 Å². The van der Waals surface area contributed by atoms with Gasteiger partial charge in [0.2, 0.25) is 0 Å². The highest BCUT2D eigenvalue weighted by atomic mass is 16.5. The molecule has 3 heteroatoms. The molecule has 0 radical (unpaired) electrons. The fourth-order valence-electron chi connectivity index (χ4n) is 1.77. The summed E-state index contributed by atoms with van der Waals surface area (Å²) in [5.41, 5.74) is 7.53. The molecule has 0 saturated heterocycles. The summed E-state index contributed by atoms with van der Waals surface area (Å²) in [6.07, 6.45) is 0. The third-order valence-electron chi connectivity index (χ3n) is 2.67. The molecule has 1 heterocycles. The number of rotatable bonds is 2. The molecule has 0 fully saturated rings. The molecule has 3 nitrogen and oxygen atoms in total. The fourth-order valence-corrected chi connectivity index (χ4v) is 1.77. The topological polar surface area (TPSA) is 48.4 Å². The lowest BCUT2D eigenvalue weighted by molar-refractivity contribution is 0.406. The molecule has 16 heavy (non-hydrogen) atoms. The first-order chi connectivity index (χ1) is 7.41. The van der Waals surface area contributed by atoms with Crippen LogP contribution in [0.25, 0.3) is 11.0 Å². The Morgan fingerprint density at radius 1 is 1.25 bits per heavy atom. The molecule has 0 aliphatic heterocycles. The van der Waals surface area contributed by atoms with Crippen molar-refractivity contribution in [3.05, 3.63) is 29.5 Å². The third kappa shape index (κ3) is 1.78. The molecule has 2 rings (SSSR count). The van der Waals surface area contributed by atoms with E-state index in [-0.39, 0.29) is 5.54 Å². The van der Waals surface area contributed by atoms with Crippen molar-refractivity contribution < 1.29 is 9.15 Å². The maximum atomic E-state index is 6.09. The van der Waals surface area contributed by atoms with E-state index < -0.39 is 0 Å². The summed E-state index contributed by atoms with van der Waals surface area (Å²) in [7, 11) is 1.64. The van der Waals surface area contributed by atoms with Crippen molar-refractivity contribution in [1.29, 1.82) is 0 Å². The van der Waals surface area contributed by atoms with Gasteiger partial charge in [-0.25, -0.2) is 0 Å². The van der Waals surface area contributed by atoms with Crippen LogP contribution in [-0.4, -0.2) is 7.11 Å². The van der Waals surface area contributed by atoms with Crippen molar-refractivity contribution in [2.24, 2.45) is 5.73 Å². The van der Waals surface area contributed by atoms with Crippen LogP contribution in [0, 0.1) is 6.92 Å². The van der Waals surface area contributed by atoms with E-state index in [2.05, 4.69) is 0 Å². The minimum Gasteiger partial charge on any atom is -0.493 e. The zero-order valence-corrected chi connectivity index (χ0v) is 10.1. The van der Waals surface area contributed by atoms with Crippen molar-refractivity contribution in [2.45, 2.75) is 26.3 Å². The molecule has 0 unspecified atom stereocenters. The lowest BCUT2D eigenvalue weighted by Crippen LogP contribution is -2.28. The molecule has 0 aliphatic carbocycles. The minimum absolute atomic E-state index is 0.382. The average molecular weight is 219 g/mol.